The lowest BCUT2D eigenvalue weighted by Gasteiger charge is -2.40. The van der Waals surface area contributed by atoms with Crippen LogP contribution in [0.3, 0.4) is 0 Å². The molecule has 0 saturated carbocycles. The maximum atomic E-state index is 11.5. The molecule has 2 aromatic carbocycles. The van der Waals surface area contributed by atoms with E-state index in [-0.39, 0.29) is 24.1 Å². The van der Waals surface area contributed by atoms with Crippen molar-refractivity contribution in [3.05, 3.63) is 209 Å². The number of unbranched alkanes of at least 4 members (excludes halogenated alkanes) is 1. The van der Waals surface area contributed by atoms with Crippen molar-refractivity contribution in [3.8, 4) is 0 Å². The lowest BCUT2D eigenvalue weighted by molar-refractivity contribution is -0.0824. The molecule has 0 spiro atoms. The van der Waals surface area contributed by atoms with E-state index in [1.807, 2.05) is 12.3 Å². The maximum absolute atomic E-state index is 11.5. The Morgan fingerprint density at radius 3 is 2.58 bits per heavy atom. The van der Waals surface area contributed by atoms with Gasteiger partial charge in [0.05, 0.1) is 6.26 Å². The zero-order valence-corrected chi connectivity index (χ0v) is 34.8. The summed E-state index contributed by atoms with van der Waals surface area (Å²) in [6.45, 7) is 4.29. The van der Waals surface area contributed by atoms with Crippen molar-refractivity contribution in [1.82, 2.24) is 9.80 Å². The van der Waals surface area contributed by atoms with Gasteiger partial charge in [-0.05, 0) is 116 Å². The highest BCUT2D eigenvalue weighted by atomic mass is 16.5. The number of aliphatic hydroxyl groups is 1. The second-order valence-electron chi connectivity index (χ2n) is 16.8. The van der Waals surface area contributed by atoms with E-state index in [2.05, 4.69) is 175 Å². The molecule has 0 bridgehead atoms. The molecule has 5 nitrogen and oxygen atoms in total. The number of nitrogens with two attached hydrogens (primary N) is 1. The second kappa shape index (κ2) is 19.1. The average molecular weight is 784 g/mol. The Bertz CT molecular complexity index is 2170. The molecule has 0 aromatic heterocycles. The summed E-state index contributed by atoms with van der Waals surface area (Å²) in [6.07, 6.45) is 45.6. The first-order chi connectivity index (χ1) is 29.0. The molecule has 6 aliphatic rings. The van der Waals surface area contributed by atoms with Crippen LogP contribution in [-0.2, 0) is 11.2 Å². The van der Waals surface area contributed by atoms with Crippen LogP contribution in [-0.4, -0.2) is 33.4 Å². The van der Waals surface area contributed by atoms with Gasteiger partial charge in [-0.2, -0.15) is 0 Å². The molecule has 0 fully saturated rings. The highest BCUT2D eigenvalue weighted by molar-refractivity contribution is 5.62. The van der Waals surface area contributed by atoms with Crippen LogP contribution >= 0.6 is 0 Å². The van der Waals surface area contributed by atoms with Crippen molar-refractivity contribution in [2.75, 3.05) is 0 Å². The van der Waals surface area contributed by atoms with Crippen LogP contribution in [0.5, 0.6) is 0 Å². The number of benzene rings is 2. The molecule has 7 atom stereocenters. The summed E-state index contributed by atoms with van der Waals surface area (Å²) in [5, 5.41) is 11.5. The Balaban J connectivity index is 1.08. The van der Waals surface area contributed by atoms with Crippen LogP contribution < -0.4 is 5.73 Å². The predicted molar refractivity (Wildman–Crippen MR) is 244 cm³/mol. The van der Waals surface area contributed by atoms with Crippen molar-refractivity contribution < 1.29 is 9.84 Å². The first-order valence-corrected chi connectivity index (χ1v) is 22.0. The molecular formula is C54H61N3O2. The van der Waals surface area contributed by atoms with Crippen LogP contribution in [0.15, 0.2) is 198 Å². The number of nitrogens with zero attached hydrogens (tertiary/aromatic N) is 2. The molecular weight excluding hydrogens is 723 g/mol. The van der Waals surface area contributed by atoms with E-state index in [1.165, 1.54) is 28.2 Å². The molecule has 0 saturated heterocycles. The number of aryl methyl sites for hydroxylation is 1. The number of hydrogen-bond acceptors (Lipinski definition) is 5. The number of aliphatic hydroxyl groups excluding tert-OH is 1. The summed E-state index contributed by atoms with van der Waals surface area (Å²) >= 11 is 0. The molecule has 3 aliphatic heterocycles. The molecule has 5 heteroatoms. The summed E-state index contributed by atoms with van der Waals surface area (Å²) in [6, 6.07) is 21.3. The molecule has 3 N–H and O–H groups in total. The van der Waals surface area contributed by atoms with Gasteiger partial charge in [-0.25, -0.2) is 4.90 Å². The first kappa shape index (κ1) is 40.4. The second-order valence-corrected chi connectivity index (χ2v) is 16.8. The summed E-state index contributed by atoms with van der Waals surface area (Å²) in [4.78, 5) is 4.68. The largest absolute Gasteiger partial charge is 0.478 e. The van der Waals surface area contributed by atoms with Crippen LogP contribution in [0.25, 0.3) is 5.70 Å². The van der Waals surface area contributed by atoms with Crippen molar-refractivity contribution in [3.63, 3.8) is 0 Å². The van der Waals surface area contributed by atoms with Gasteiger partial charge in [-0.1, -0.05) is 153 Å². The molecule has 2 aromatic rings. The number of fused-ring (bicyclic) bond motifs is 3. The Morgan fingerprint density at radius 1 is 0.966 bits per heavy atom. The Hall–Kier alpha value is -5.36. The summed E-state index contributed by atoms with van der Waals surface area (Å²) < 4.78 is 6.75. The van der Waals surface area contributed by atoms with Gasteiger partial charge in [0.15, 0.2) is 6.23 Å². The third-order valence-corrected chi connectivity index (χ3v) is 12.9. The number of hydrogen-bond donors (Lipinski definition) is 2. The molecule has 3 aliphatic carbocycles. The van der Waals surface area contributed by atoms with Gasteiger partial charge < -0.3 is 20.5 Å². The minimum Gasteiger partial charge on any atom is -0.478 e. The lowest BCUT2D eigenvalue weighted by atomic mass is 9.78. The van der Waals surface area contributed by atoms with Gasteiger partial charge in [-0.15, -0.1) is 0 Å². The first-order valence-electron chi connectivity index (χ1n) is 22.0. The topological polar surface area (TPSA) is 62.0 Å². The number of allylic oxidation sites excluding steroid dienone is 17. The van der Waals surface area contributed by atoms with E-state index in [4.69, 9.17) is 10.5 Å². The van der Waals surface area contributed by atoms with Gasteiger partial charge in [0.1, 0.15) is 6.23 Å². The zero-order chi connectivity index (χ0) is 40.6. The normalized spacial score (nSPS) is 27.7. The van der Waals surface area contributed by atoms with E-state index >= 15 is 0 Å². The standard InChI is InChI=1S/C54H61N3O2/c1-3-4-8-29-52(58)56-39(2)19-9-5-14-24-44-36-45(38-59-54(44)56)47-25-15-18-28-51-53(47)48-26-16-17-27-50(48)57(51)46-34-32-41(33-35-46)43(31-30-40-20-10-6-11-21-40)37-49(55)42-22-12-7-13-23-42/h5-23,25,27-29,34,36-39,41,43,47-48,52,54,58H,3-4,24,26,30-33,35,55H2,1-2H3/b14-5-,19-9-,29-8?,49-37-. The molecule has 59 heavy (non-hydrogen) atoms. The Morgan fingerprint density at radius 2 is 1.78 bits per heavy atom. The van der Waals surface area contributed by atoms with Crippen LogP contribution in [0.1, 0.15) is 76.3 Å². The minimum atomic E-state index is -0.760. The minimum absolute atomic E-state index is 0.0245. The van der Waals surface area contributed by atoms with Gasteiger partial charge in [-0.3, -0.25) is 0 Å². The van der Waals surface area contributed by atoms with Crippen molar-refractivity contribution in [2.24, 2.45) is 29.4 Å². The molecule has 0 amide bonds. The summed E-state index contributed by atoms with van der Waals surface area (Å²) in [5.41, 5.74) is 18.0. The van der Waals surface area contributed by atoms with Crippen LogP contribution in [0, 0.1) is 23.7 Å². The smallest absolute Gasteiger partial charge is 0.177 e. The average Bonchev–Trinajstić information content (AvgIpc) is 3.48. The van der Waals surface area contributed by atoms with Crippen LogP contribution in [0.4, 0.5) is 0 Å². The summed E-state index contributed by atoms with van der Waals surface area (Å²) in [7, 11) is 0. The number of ether oxygens (including phenoxy) is 1. The summed E-state index contributed by atoms with van der Waals surface area (Å²) in [5.74, 6) is 1.23. The Labute approximate surface area is 352 Å². The Kier molecular flexibility index (Phi) is 13.1. The third kappa shape index (κ3) is 9.12. The highest BCUT2D eigenvalue weighted by Crippen LogP contribution is 2.51. The highest BCUT2D eigenvalue weighted by Gasteiger charge is 2.42. The molecule has 0 radical (unpaired) electrons. The van der Waals surface area contributed by atoms with E-state index in [1.54, 1.807) is 0 Å². The monoisotopic (exact) mass is 783 g/mol. The van der Waals surface area contributed by atoms with Crippen molar-refractivity contribution >= 4 is 5.70 Å². The third-order valence-electron chi connectivity index (χ3n) is 12.9. The van der Waals surface area contributed by atoms with E-state index in [9.17, 15) is 5.11 Å². The van der Waals surface area contributed by atoms with Gasteiger partial charge in [0, 0.05) is 40.7 Å². The maximum Gasteiger partial charge on any atom is 0.177 e. The van der Waals surface area contributed by atoms with Gasteiger partial charge in [0.25, 0.3) is 0 Å². The van der Waals surface area contributed by atoms with E-state index < -0.39 is 6.23 Å². The van der Waals surface area contributed by atoms with E-state index in [0.29, 0.717) is 11.8 Å². The molecule has 7 unspecified atom stereocenters. The predicted octanol–water partition coefficient (Wildman–Crippen LogP) is 11.7. The molecule has 8 rings (SSSR count). The van der Waals surface area contributed by atoms with Crippen molar-refractivity contribution in [2.45, 2.75) is 90.1 Å². The fourth-order valence-corrected chi connectivity index (χ4v) is 9.81. The van der Waals surface area contributed by atoms with Gasteiger partial charge in [0.2, 0.25) is 0 Å². The fraction of sp³-hybridized carbons (Fsp3) is 0.333. The quantitative estimate of drug-likeness (QED) is 0.210. The molecule has 304 valence electrons. The van der Waals surface area contributed by atoms with Crippen LogP contribution in [0.2, 0.25) is 0 Å². The fourth-order valence-electron chi connectivity index (χ4n) is 9.81. The lowest BCUT2D eigenvalue weighted by Crippen LogP contribution is -2.49. The van der Waals surface area contributed by atoms with Gasteiger partial charge >= 0.3 is 0 Å². The van der Waals surface area contributed by atoms with E-state index in [0.717, 1.165) is 80.2 Å². The molecule has 3 heterocycles. The van der Waals surface area contributed by atoms with Crippen molar-refractivity contribution in [1.29, 1.82) is 0 Å². The number of rotatable bonds is 12. The SMILES string of the molecule is CCCC=CC(O)N1C(C)/C=C\C=C/CC2=CC(C3C=CC=CC4=C3C3CC=CC=C3N4C3=CCC(C(/C=C(\N)c4ccccc4)CCc4ccccc4)CC3)=COC21. The zero-order valence-electron chi connectivity index (χ0n) is 34.8.